The number of para-hydroxylation sites is 1. The van der Waals surface area contributed by atoms with Crippen LogP contribution in [0.4, 0.5) is 5.69 Å². The van der Waals surface area contributed by atoms with Gasteiger partial charge in [-0.05, 0) is 56.5 Å². The van der Waals surface area contributed by atoms with E-state index in [1.165, 1.54) is 5.56 Å². The second kappa shape index (κ2) is 9.76. The highest BCUT2D eigenvalue weighted by Crippen LogP contribution is 2.19. The highest BCUT2D eigenvalue weighted by Gasteiger charge is 2.21. The molecule has 5 nitrogen and oxygen atoms in total. The van der Waals surface area contributed by atoms with Crippen LogP contribution in [0.1, 0.15) is 50.0 Å². The highest BCUT2D eigenvalue weighted by atomic mass is 16.5. The molecule has 2 amide bonds. The third-order valence-electron chi connectivity index (χ3n) is 4.12. The van der Waals surface area contributed by atoms with E-state index in [2.05, 4.69) is 17.6 Å². The van der Waals surface area contributed by atoms with E-state index >= 15 is 0 Å². The van der Waals surface area contributed by atoms with E-state index < -0.39 is 6.10 Å². The minimum Gasteiger partial charge on any atom is -0.481 e. The van der Waals surface area contributed by atoms with Crippen LogP contribution in [-0.2, 0) is 11.2 Å². The minimum absolute atomic E-state index is 0.0130. The standard InChI is InChI=1S/C22H28N2O3/c1-5-16-11-13-17(14-12-16)27-20(6-2)22(26)24-19-10-8-7-9-18(19)21(25)23-15(3)4/h7-15,20H,5-6H2,1-4H3,(H,23,25)(H,24,26)/t20-/m1/s1. The number of anilines is 1. The fourth-order valence-electron chi connectivity index (χ4n) is 2.63. The number of carbonyl (C=O) groups is 2. The van der Waals surface area contributed by atoms with Crippen molar-refractivity contribution in [3.63, 3.8) is 0 Å². The van der Waals surface area contributed by atoms with Gasteiger partial charge in [-0.2, -0.15) is 0 Å². The van der Waals surface area contributed by atoms with Crippen molar-refractivity contribution < 1.29 is 14.3 Å². The number of benzene rings is 2. The van der Waals surface area contributed by atoms with Crippen molar-refractivity contribution in [1.29, 1.82) is 0 Å². The lowest BCUT2D eigenvalue weighted by molar-refractivity contribution is -0.122. The molecule has 0 heterocycles. The van der Waals surface area contributed by atoms with Crippen LogP contribution < -0.4 is 15.4 Å². The first-order chi connectivity index (χ1) is 12.9. The molecular weight excluding hydrogens is 340 g/mol. The lowest BCUT2D eigenvalue weighted by atomic mass is 10.1. The molecule has 27 heavy (non-hydrogen) atoms. The Kier molecular flexibility index (Phi) is 7.41. The molecule has 2 aromatic carbocycles. The lowest BCUT2D eigenvalue weighted by Crippen LogP contribution is -2.34. The van der Waals surface area contributed by atoms with Crippen LogP contribution in [0, 0.1) is 0 Å². The second-order valence-corrected chi connectivity index (χ2v) is 6.68. The Labute approximate surface area is 161 Å². The van der Waals surface area contributed by atoms with Crippen LogP contribution in [0.5, 0.6) is 5.75 Å². The second-order valence-electron chi connectivity index (χ2n) is 6.68. The molecule has 0 aliphatic carbocycles. The molecular formula is C22H28N2O3. The van der Waals surface area contributed by atoms with Gasteiger partial charge in [0.05, 0.1) is 11.3 Å². The van der Waals surface area contributed by atoms with Gasteiger partial charge in [0, 0.05) is 6.04 Å². The molecule has 2 N–H and O–H groups in total. The Bertz CT molecular complexity index is 769. The summed E-state index contributed by atoms with van der Waals surface area (Å²) >= 11 is 0. The topological polar surface area (TPSA) is 67.4 Å². The number of rotatable bonds is 8. The predicted molar refractivity (Wildman–Crippen MR) is 108 cm³/mol. The Morgan fingerprint density at radius 3 is 2.26 bits per heavy atom. The molecule has 144 valence electrons. The van der Waals surface area contributed by atoms with E-state index in [0.29, 0.717) is 23.4 Å². The quantitative estimate of drug-likeness (QED) is 0.734. The van der Waals surface area contributed by atoms with Crippen LogP contribution >= 0.6 is 0 Å². The van der Waals surface area contributed by atoms with Gasteiger partial charge in [0.15, 0.2) is 6.10 Å². The number of ether oxygens (including phenoxy) is 1. The molecule has 0 radical (unpaired) electrons. The summed E-state index contributed by atoms with van der Waals surface area (Å²) in [4.78, 5) is 25.1. The number of nitrogens with one attached hydrogen (secondary N) is 2. The maximum Gasteiger partial charge on any atom is 0.265 e. The van der Waals surface area contributed by atoms with E-state index in [4.69, 9.17) is 4.74 Å². The van der Waals surface area contributed by atoms with Gasteiger partial charge in [0.25, 0.3) is 11.8 Å². The summed E-state index contributed by atoms with van der Waals surface area (Å²) in [6, 6.07) is 14.7. The number of aryl methyl sites for hydroxylation is 1. The fourth-order valence-corrected chi connectivity index (χ4v) is 2.63. The fraction of sp³-hybridized carbons (Fsp3) is 0.364. The van der Waals surface area contributed by atoms with Gasteiger partial charge >= 0.3 is 0 Å². The Balaban J connectivity index is 2.11. The van der Waals surface area contributed by atoms with Crippen LogP contribution in [-0.4, -0.2) is 24.0 Å². The van der Waals surface area contributed by atoms with Gasteiger partial charge in [-0.3, -0.25) is 9.59 Å². The largest absolute Gasteiger partial charge is 0.481 e. The zero-order valence-corrected chi connectivity index (χ0v) is 16.4. The van der Waals surface area contributed by atoms with E-state index in [1.54, 1.807) is 24.3 Å². The van der Waals surface area contributed by atoms with Crippen LogP contribution in [0.2, 0.25) is 0 Å². The molecule has 0 saturated carbocycles. The summed E-state index contributed by atoms with van der Waals surface area (Å²) < 4.78 is 5.85. The average Bonchev–Trinajstić information content (AvgIpc) is 2.66. The summed E-state index contributed by atoms with van der Waals surface area (Å²) in [7, 11) is 0. The van der Waals surface area contributed by atoms with Gasteiger partial charge in [0.1, 0.15) is 5.75 Å². The highest BCUT2D eigenvalue weighted by molar-refractivity contribution is 6.04. The summed E-state index contributed by atoms with van der Waals surface area (Å²) in [5.41, 5.74) is 2.12. The average molecular weight is 368 g/mol. The van der Waals surface area contributed by atoms with Crippen molar-refractivity contribution in [2.45, 2.75) is 52.7 Å². The predicted octanol–water partition coefficient (Wildman–Crippen LogP) is 4.18. The molecule has 0 aliphatic rings. The van der Waals surface area contributed by atoms with Crippen molar-refractivity contribution in [3.8, 4) is 5.75 Å². The summed E-state index contributed by atoms with van der Waals surface area (Å²) in [5, 5.41) is 5.68. The molecule has 1 atom stereocenters. The monoisotopic (exact) mass is 368 g/mol. The molecule has 2 rings (SSSR count). The van der Waals surface area contributed by atoms with E-state index in [9.17, 15) is 9.59 Å². The molecule has 5 heteroatoms. The zero-order valence-electron chi connectivity index (χ0n) is 16.4. The first-order valence-corrected chi connectivity index (χ1v) is 9.40. The van der Waals surface area contributed by atoms with Crippen molar-refractivity contribution in [1.82, 2.24) is 5.32 Å². The lowest BCUT2D eigenvalue weighted by Gasteiger charge is -2.19. The van der Waals surface area contributed by atoms with Gasteiger partial charge in [0.2, 0.25) is 0 Å². The third-order valence-corrected chi connectivity index (χ3v) is 4.12. The number of amides is 2. The number of carbonyl (C=O) groups excluding carboxylic acids is 2. The van der Waals surface area contributed by atoms with Crippen molar-refractivity contribution >= 4 is 17.5 Å². The SMILES string of the molecule is CCc1ccc(O[C@H](CC)C(=O)Nc2ccccc2C(=O)NC(C)C)cc1. The summed E-state index contributed by atoms with van der Waals surface area (Å²) in [6.07, 6.45) is 0.827. The summed E-state index contributed by atoms with van der Waals surface area (Å²) in [6.45, 7) is 7.76. The first-order valence-electron chi connectivity index (χ1n) is 9.40. The van der Waals surface area contributed by atoms with Crippen molar-refractivity contribution in [2.75, 3.05) is 5.32 Å². The van der Waals surface area contributed by atoms with Crippen molar-refractivity contribution in [2.24, 2.45) is 0 Å². The molecule has 0 spiro atoms. The molecule has 0 aliphatic heterocycles. The maximum absolute atomic E-state index is 12.7. The van der Waals surface area contributed by atoms with Gasteiger partial charge in [-0.15, -0.1) is 0 Å². The van der Waals surface area contributed by atoms with Crippen molar-refractivity contribution in [3.05, 3.63) is 59.7 Å². The minimum atomic E-state index is -0.640. The molecule has 0 bridgehead atoms. The van der Waals surface area contributed by atoms with Gasteiger partial charge < -0.3 is 15.4 Å². The molecule has 0 unspecified atom stereocenters. The third kappa shape index (κ3) is 5.84. The molecule has 0 aromatic heterocycles. The first kappa shape index (κ1) is 20.5. The van der Waals surface area contributed by atoms with E-state index in [-0.39, 0.29) is 17.9 Å². The Morgan fingerprint density at radius 2 is 1.67 bits per heavy atom. The van der Waals surface area contributed by atoms with Crippen LogP contribution in [0.15, 0.2) is 48.5 Å². The molecule has 0 saturated heterocycles. The smallest absolute Gasteiger partial charge is 0.265 e. The maximum atomic E-state index is 12.7. The molecule has 0 fully saturated rings. The number of hydrogen-bond acceptors (Lipinski definition) is 3. The van der Waals surface area contributed by atoms with Crippen LogP contribution in [0.25, 0.3) is 0 Å². The van der Waals surface area contributed by atoms with E-state index in [0.717, 1.165) is 6.42 Å². The molecule has 2 aromatic rings. The van der Waals surface area contributed by atoms with Gasteiger partial charge in [-0.25, -0.2) is 0 Å². The van der Waals surface area contributed by atoms with Crippen LogP contribution in [0.3, 0.4) is 0 Å². The number of hydrogen-bond donors (Lipinski definition) is 2. The normalized spacial score (nSPS) is 11.7. The zero-order chi connectivity index (χ0) is 19.8. The summed E-state index contributed by atoms with van der Waals surface area (Å²) in [5.74, 6) is 0.159. The van der Waals surface area contributed by atoms with Gasteiger partial charge in [-0.1, -0.05) is 38.1 Å². The Hall–Kier alpha value is -2.82. The Morgan fingerprint density at radius 1 is 1.00 bits per heavy atom. The van der Waals surface area contributed by atoms with E-state index in [1.807, 2.05) is 45.0 Å².